The number of benzene rings is 2. The number of carbonyl (C=O) groups is 3. The predicted molar refractivity (Wildman–Crippen MR) is 128 cm³/mol. The molecule has 0 radical (unpaired) electrons. The topological polar surface area (TPSA) is 105 Å². The summed E-state index contributed by atoms with van der Waals surface area (Å²) in [5.74, 6) is -1.91. The molecule has 0 spiro atoms. The summed E-state index contributed by atoms with van der Waals surface area (Å²) in [5.41, 5.74) is 4.59. The molecule has 2 amide bonds. The Morgan fingerprint density at radius 3 is 2.34 bits per heavy atom. The van der Waals surface area contributed by atoms with Crippen LogP contribution >= 0.6 is 0 Å². The molecule has 0 aromatic heterocycles. The number of hydrogen-bond donors (Lipinski definition) is 2. The highest BCUT2D eigenvalue weighted by molar-refractivity contribution is 5.82. The van der Waals surface area contributed by atoms with Gasteiger partial charge in [0.2, 0.25) is 5.91 Å². The summed E-state index contributed by atoms with van der Waals surface area (Å²) >= 11 is 0. The number of rotatable bonds is 5. The normalized spacial score (nSPS) is 25.6. The number of piperidine rings is 1. The third kappa shape index (κ3) is 4.50. The zero-order valence-corrected chi connectivity index (χ0v) is 19.7. The minimum atomic E-state index is -0.817. The van der Waals surface area contributed by atoms with Crippen LogP contribution in [0.1, 0.15) is 36.8 Å². The second-order valence-electron chi connectivity index (χ2n) is 9.66. The van der Waals surface area contributed by atoms with Crippen molar-refractivity contribution in [1.29, 1.82) is 0 Å². The summed E-state index contributed by atoms with van der Waals surface area (Å²) in [5, 5.41) is 12.1. The molecule has 5 rings (SSSR count). The van der Waals surface area contributed by atoms with E-state index in [-0.39, 0.29) is 37.7 Å². The van der Waals surface area contributed by atoms with Crippen LogP contribution in [0.15, 0.2) is 48.5 Å². The molecule has 35 heavy (non-hydrogen) atoms. The van der Waals surface area contributed by atoms with E-state index < -0.39 is 29.9 Å². The van der Waals surface area contributed by atoms with E-state index in [1.54, 1.807) is 4.90 Å². The monoisotopic (exact) mass is 478 g/mol. The summed E-state index contributed by atoms with van der Waals surface area (Å²) in [4.78, 5) is 39.0. The molecule has 0 saturated carbocycles. The zero-order chi connectivity index (χ0) is 24.5. The van der Waals surface area contributed by atoms with Crippen molar-refractivity contribution >= 4 is 18.0 Å². The number of fused-ring (bicyclic) bond motifs is 3. The van der Waals surface area contributed by atoms with Crippen LogP contribution in [0.2, 0.25) is 0 Å². The van der Waals surface area contributed by atoms with Crippen molar-refractivity contribution in [3.63, 3.8) is 0 Å². The third-order valence-electron chi connectivity index (χ3n) is 7.55. The first-order chi connectivity index (χ1) is 16.9. The lowest BCUT2D eigenvalue weighted by Gasteiger charge is -2.38. The smallest absolute Gasteiger partial charge is 0.407 e. The maximum Gasteiger partial charge on any atom is 0.407 e. The van der Waals surface area contributed by atoms with Gasteiger partial charge in [-0.2, -0.15) is 0 Å². The van der Waals surface area contributed by atoms with Gasteiger partial charge in [-0.05, 0) is 42.0 Å². The number of nitrogens with one attached hydrogen (secondary N) is 1. The molecular weight excluding hydrogens is 448 g/mol. The number of amides is 2. The van der Waals surface area contributed by atoms with Gasteiger partial charge in [-0.25, -0.2) is 4.79 Å². The largest absolute Gasteiger partial charge is 0.481 e. The Kier molecular flexibility index (Phi) is 6.47. The lowest BCUT2D eigenvalue weighted by atomic mass is 9.90. The van der Waals surface area contributed by atoms with E-state index in [9.17, 15) is 19.5 Å². The first-order valence-corrected chi connectivity index (χ1v) is 12.2. The molecule has 2 aliphatic heterocycles. The second kappa shape index (κ2) is 9.70. The highest BCUT2D eigenvalue weighted by Crippen LogP contribution is 2.44. The van der Waals surface area contributed by atoms with Crippen molar-refractivity contribution in [3.05, 3.63) is 59.7 Å². The summed E-state index contributed by atoms with van der Waals surface area (Å²) in [6.45, 7) is 2.92. The highest BCUT2D eigenvalue weighted by Gasteiger charge is 2.41. The summed E-state index contributed by atoms with van der Waals surface area (Å²) < 4.78 is 11.2. The SMILES string of the molecule is C[C@@H]1C[C@H](C(=O)O)CCN1C(=O)C1COCC1NC(=O)OCC1c2ccccc2-c2ccccc21. The van der Waals surface area contributed by atoms with Gasteiger partial charge in [0, 0.05) is 18.5 Å². The molecular formula is C27H30N2O6. The zero-order valence-electron chi connectivity index (χ0n) is 19.7. The van der Waals surface area contributed by atoms with Gasteiger partial charge in [0.1, 0.15) is 6.61 Å². The maximum absolute atomic E-state index is 13.2. The van der Waals surface area contributed by atoms with Crippen molar-refractivity contribution in [2.24, 2.45) is 11.8 Å². The molecule has 8 heteroatoms. The summed E-state index contributed by atoms with van der Waals surface area (Å²) in [7, 11) is 0. The Hall–Kier alpha value is -3.39. The molecule has 2 unspecified atom stereocenters. The van der Waals surface area contributed by atoms with Crippen LogP contribution in [0.4, 0.5) is 4.79 Å². The van der Waals surface area contributed by atoms with Gasteiger partial charge in [-0.1, -0.05) is 48.5 Å². The molecule has 2 fully saturated rings. The molecule has 2 N–H and O–H groups in total. The molecule has 4 atom stereocenters. The Morgan fingerprint density at radius 2 is 1.71 bits per heavy atom. The molecule has 2 heterocycles. The van der Waals surface area contributed by atoms with Gasteiger partial charge in [0.25, 0.3) is 0 Å². The number of nitrogens with zero attached hydrogens (tertiary/aromatic N) is 1. The number of carbonyl (C=O) groups excluding carboxylic acids is 2. The minimum absolute atomic E-state index is 0.0400. The van der Waals surface area contributed by atoms with Crippen molar-refractivity contribution in [1.82, 2.24) is 10.2 Å². The van der Waals surface area contributed by atoms with Crippen molar-refractivity contribution in [3.8, 4) is 11.1 Å². The molecule has 1 aliphatic carbocycles. The molecule has 0 bridgehead atoms. The van der Waals surface area contributed by atoms with Gasteiger partial charge in [-0.15, -0.1) is 0 Å². The lowest BCUT2D eigenvalue weighted by Crippen LogP contribution is -2.52. The number of carboxylic acid groups (broad SMARTS) is 1. The van der Waals surface area contributed by atoms with Crippen LogP contribution in [0.3, 0.4) is 0 Å². The van der Waals surface area contributed by atoms with Crippen LogP contribution in [0.5, 0.6) is 0 Å². The van der Waals surface area contributed by atoms with E-state index in [4.69, 9.17) is 9.47 Å². The van der Waals surface area contributed by atoms with Gasteiger partial charge >= 0.3 is 12.1 Å². The fourth-order valence-corrected chi connectivity index (χ4v) is 5.67. The Bertz CT molecular complexity index is 1090. The quantitative estimate of drug-likeness (QED) is 0.684. The fraction of sp³-hybridized carbons (Fsp3) is 0.444. The molecule has 8 nitrogen and oxygen atoms in total. The second-order valence-corrected chi connectivity index (χ2v) is 9.66. The van der Waals surface area contributed by atoms with Gasteiger partial charge in [0.15, 0.2) is 0 Å². The van der Waals surface area contributed by atoms with E-state index in [0.717, 1.165) is 22.3 Å². The fourth-order valence-electron chi connectivity index (χ4n) is 5.67. The molecule has 2 aromatic rings. The average Bonchev–Trinajstić information content (AvgIpc) is 3.44. The van der Waals surface area contributed by atoms with E-state index in [2.05, 4.69) is 29.6 Å². The number of alkyl carbamates (subject to hydrolysis) is 1. The third-order valence-corrected chi connectivity index (χ3v) is 7.55. The number of aliphatic carboxylic acids is 1. The van der Waals surface area contributed by atoms with Gasteiger partial charge in [-0.3, -0.25) is 9.59 Å². The van der Waals surface area contributed by atoms with Crippen molar-refractivity contribution in [2.45, 2.75) is 37.8 Å². The highest BCUT2D eigenvalue weighted by atomic mass is 16.5. The first-order valence-electron chi connectivity index (χ1n) is 12.2. The van der Waals surface area contributed by atoms with E-state index in [1.807, 2.05) is 31.2 Å². The first kappa shape index (κ1) is 23.4. The standard InChI is InChI=1S/C27H30N2O6/c1-16-12-17(26(31)32)10-11-29(16)25(30)23-13-34-15-24(23)28-27(33)35-14-22-20-8-4-2-6-18(20)19-7-3-5-9-21(19)22/h2-9,16-17,22-24H,10-15H2,1H3,(H,28,33)(H,31,32)/t16-,17-,23?,24?/m1/s1. The predicted octanol–water partition coefficient (Wildman–Crippen LogP) is 3.25. The summed E-state index contributed by atoms with van der Waals surface area (Å²) in [6, 6.07) is 15.6. The maximum atomic E-state index is 13.2. The van der Waals surface area contributed by atoms with E-state index in [0.29, 0.717) is 19.4 Å². The van der Waals surface area contributed by atoms with Gasteiger partial charge < -0.3 is 24.8 Å². The number of ether oxygens (including phenoxy) is 2. The van der Waals surface area contributed by atoms with Gasteiger partial charge in [0.05, 0.1) is 31.1 Å². The van der Waals surface area contributed by atoms with Crippen LogP contribution in [0, 0.1) is 11.8 Å². The van der Waals surface area contributed by atoms with Crippen LogP contribution < -0.4 is 5.32 Å². The number of likely N-dealkylation sites (tertiary alicyclic amines) is 1. The van der Waals surface area contributed by atoms with Crippen molar-refractivity contribution < 1.29 is 29.0 Å². The molecule has 2 saturated heterocycles. The van der Waals surface area contributed by atoms with E-state index >= 15 is 0 Å². The summed E-state index contributed by atoms with van der Waals surface area (Å²) in [6.07, 6.45) is 0.292. The Balaban J connectivity index is 1.20. The van der Waals surface area contributed by atoms with Crippen LogP contribution in [-0.2, 0) is 19.1 Å². The average molecular weight is 479 g/mol. The number of hydrogen-bond acceptors (Lipinski definition) is 5. The molecule has 184 valence electrons. The molecule has 3 aliphatic rings. The van der Waals surface area contributed by atoms with Crippen LogP contribution in [-0.4, -0.2) is 66.4 Å². The Labute approximate surface area is 204 Å². The lowest BCUT2D eigenvalue weighted by molar-refractivity contribution is -0.149. The number of carboxylic acids is 1. The van der Waals surface area contributed by atoms with Crippen LogP contribution in [0.25, 0.3) is 11.1 Å². The van der Waals surface area contributed by atoms with E-state index in [1.165, 1.54) is 0 Å². The van der Waals surface area contributed by atoms with Crippen molar-refractivity contribution in [2.75, 3.05) is 26.4 Å². The minimum Gasteiger partial charge on any atom is -0.481 e. The Morgan fingerprint density at radius 1 is 1.06 bits per heavy atom. The molecule has 2 aromatic carbocycles.